The Morgan fingerprint density at radius 2 is 1.70 bits per heavy atom. The van der Waals surface area contributed by atoms with Crippen molar-refractivity contribution in [2.75, 3.05) is 26.2 Å². The number of carbonyl (C=O) groups excluding carboxylic acids is 3. The second-order valence-electron chi connectivity index (χ2n) is 6.65. The highest BCUT2D eigenvalue weighted by molar-refractivity contribution is 6.12. The molecule has 0 aromatic heterocycles. The molecule has 9 nitrogen and oxygen atoms in total. The van der Waals surface area contributed by atoms with Gasteiger partial charge in [0, 0.05) is 44.2 Å². The van der Waals surface area contributed by atoms with Gasteiger partial charge in [-0.3, -0.25) is 24.1 Å². The zero-order valence-corrected chi connectivity index (χ0v) is 16.0. The van der Waals surface area contributed by atoms with E-state index in [1.54, 1.807) is 6.92 Å². The monoisotopic (exact) mass is 382 g/mol. The van der Waals surface area contributed by atoms with Crippen LogP contribution in [-0.4, -0.2) is 72.0 Å². The Bertz CT molecular complexity index is 546. The van der Waals surface area contributed by atoms with Crippen LogP contribution in [0.15, 0.2) is 12.2 Å². The normalized spacial score (nSPS) is 15.9. The summed E-state index contributed by atoms with van der Waals surface area (Å²) in [4.78, 5) is 46.3. The van der Waals surface area contributed by atoms with Gasteiger partial charge in [-0.2, -0.15) is 0 Å². The van der Waals surface area contributed by atoms with E-state index < -0.39 is 12.0 Å². The van der Waals surface area contributed by atoms with Gasteiger partial charge in [-0.05, 0) is 33.2 Å². The van der Waals surface area contributed by atoms with Crippen LogP contribution in [0.2, 0.25) is 0 Å². The lowest BCUT2D eigenvalue weighted by Gasteiger charge is -2.16. The number of carbonyl (C=O) groups is 4. The van der Waals surface area contributed by atoms with Crippen LogP contribution in [-0.2, 0) is 19.2 Å². The van der Waals surface area contributed by atoms with Gasteiger partial charge in [0.15, 0.2) is 0 Å². The van der Waals surface area contributed by atoms with E-state index in [1.165, 1.54) is 12.2 Å². The third-order valence-electron chi connectivity index (χ3n) is 4.23. The largest absolute Gasteiger partial charge is 0.480 e. The van der Waals surface area contributed by atoms with Crippen LogP contribution >= 0.6 is 0 Å². The number of nitrogens with zero attached hydrogens (tertiary/aromatic N) is 1. The third kappa shape index (κ3) is 9.30. The van der Waals surface area contributed by atoms with E-state index in [2.05, 4.69) is 16.0 Å². The Balaban J connectivity index is 1.97. The summed E-state index contributed by atoms with van der Waals surface area (Å²) in [5.74, 6) is -1.64. The molecule has 0 aromatic rings. The highest BCUT2D eigenvalue weighted by Crippen LogP contribution is 2.02. The number of carboxylic acid groups (broad SMARTS) is 1. The molecular formula is C18H30N4O5. The highest BCUT2D eigenvalue weighted by Gasteiger charge is 2.22. The molecule has 27 heavy (non-hydrogen) atoms. The number of aliphatic carboxylic acids is 1. The first-order chi connectivity index (χ1) is 12.8. The third-order valence-corrected chi connectivity index (χ3v) is 4.23. The lowest BCUT2D eigenvalue weighted by atomic mass is 10.2. The Hall–Kier alpha value is -2.26. The molecule has 4 N–H and O–H groups in total. The minimum atomic E-state index is -0.865. The molecule has 0 aliphatic carbocycles. The predicted octanol–water partition coefficient (Wildman–Crippen LogP) is -0.371. The Morgan fingerprint density at radius 1 is 1.04 bits per heavy atom. The van der Waals surface area contributed by atoms with E-state index in [1.807, 2.05) is 6.92 Å². The van der Waals surface area contributed by atoms with Gasteiger partial charge in [0.1, 0.15) is 6.04 Å². The van der Waals surface area contributed by atoms with Crippen molar-refractivity contribution in [1.82, 2.24) is 20.9 Å². The standard InChI is InChI=1S/C18H30N4O5/c1-13(12-21-14(2)18(26)27)19-9-5-3-4-6-15(23)20-10-11-22-16(24)7-8-17(22)25/h7-8,13-14,19,21H,3-6,9-12H2,1-2H3,(H,20,23)(H,26,27)/t13-,14-/m0/s1. The zero-order valence-electron chi connectivity index (χ0n) is 16.0. The second kappa shape index (κ2) is 12.2. The van der Waals surface area contributed by atoms with Crippen LogP contribution in [0.1, 0.15) is 39.5 Å². The van der Waals surface area contributed by atoms with E-state index in [4.69, 9.17) is 5.11 Å². The summed E-state index contributed by atoms with van der Waals surface area (Å²) in [5.41, 5.74) is 0. The van der Waals surface area contributed by atoms with Gasteiger partial charge in [0.2, 0.25) is 5.91 Å². The number of rotatable bonds is 14. The van der Waals surface area contributed by atoms with Crippen LogP contribution in [0.25, 0.3) is 0 Å². The summed E-state index contributed by atoms with van der Waals surface area (Å²) in [6.07, 6.45) is 5.45. The SMILES string of the molecule is C[C@H](NC[C@H](C)NCCCCCC(=O)NCCN1C(=O)C=CC1=O)C(=O)O. The van der Waals surface area contributed by atoms with Gasteiger partial charge in [-0.15, -0.1) is 0 Å². The van der Waals surface area contributed by atoms with Crippen molar-refractivity contribution < 1.29 is 24.3 Å². The van der Waals surface area contributed by atoms with Crippen molar-refractivity contribution in [2.24, 2.45) is 0 Å². The van der Waals surface area contributed by atoms with Crippen LogP contribution in [0.4, 0.5) is 0 Å². The van der Waals surface area contributed by atoms with Gasteiger partial charge < -0.3 is 21.1 Å². The molecule has 9 heteroatoms. The summed E-state index contributed by atoms with van der Waals surface area (Å²) in [7, 11) is 0. The minimum Gasteiger partial charge on any atom is -0.480 e. The first-order valence-electron chi connectivity index (χ1n) is 9.31. The maximum absolute atomic E-state index is 11.7. The number of nitrogens with one attached hydrogen (secondary N) is 3. The molecule has 0 saturated carbocycles. The number of carboxylic acids is 1. The van der Waals surface area contributed by atoms with Crippen molar-refractivity contribution in [1.29, 1.82) is 0 Å². The van der Waals surface area contributed by atoms with Crippen molar-refractivity contribution in [2.45, 2.75) is 51.6 Å². The zero-order chi connectivity index (χ0) is 20.2. The lowest BCUT2D eigenvalue weighted by Crippen LogP contribution is -2.43. The molecule has 0 spiro atoms. The molecule has 0 saturated heterocycles. The number of hydrogen-bond acceptors (Lipinski definition) is 6. The van der Waals surface area contributed by atoms with Gasteiger partial charge in [-0.1, -0.05) is 6.42 Å². The van der Waals surface area contributed by atoms with E-state index in [-0.39, 0.29) is 36.9 Å². The molecule has 2 atom stereocenters. The van der Waals surface area contributed by atoms with Crippen molar-refractivity contribution in [3.05, 3.63) is 12.2 Å². The first-order valence-corrected chi connectivity index (χ1v) is 9.31. The maximum atomic E-state index is 11.7. The molecule has 1 heterocycles. The molecule has 0 aromatic carbocycles. The average Bonchev–Trinajstić information content (AvgIpc) is 2.94. The quantitative estimate of drug-likeness (QED) is 0.238. The molecule has 0 radical (unpaired) electrons. The summed E-state index contributed by atoms with van der Waals surface area (Å²) in [5, 5.41) is 17.7. The molecule has 0 unspecified atom stereocenters. The molecule has 1 aliphatic rings. The number of unbranched alkanes of at least 4 members (excludes halogenated alkanes) is 2. The lowest BCUT2D eigenvalue weighted by molar-refractivity contribution is -0.139. The Labute approximate surface area is 159 Å². The molecule has 1 rings (SSSR count). The second-order valence-corrected chi connectivity index (χ2v) is 6.65. The molecule has 3 amide bonds. The number of imide groups is 1. The van der Waals surface area contributed by atoms with Gasteiger partial charge in [0.05, 0.1) is 0 Å². The topological polar surface area (TPSA) is 128 Å². The van der Waals surface area contributed by atoms with Crippen molar-refractivity contribution in [3.8, 4) is 0 Å². The van der Waals surface area contributed by atoms with E-state index >= 15 is 0 Å². The number of amides is 3. The molecule has 1 aliphatic heterocycles. The van der Waals surface area contributed by atoms with E-state index in [9.17, 15) is 19.2 Å². The predicted molar refractivity (Wildman–Crippen MR) is 99.9 cm³/mol. The van der Waals surface area contributed by atoms with Crippen molar-refractivity contribution in [3.63, 3.8) is 0 Å². The van der Waals surface area contributed by atoms with Crippen LogP contribution < -0.4 is 16.0 Å². The number of hydrogen-bond donors (Lipinski definition) is 4. The summed E-state index contributed by atoms with van der Waals surface area (Å²) in [6.45, 7) is 5.43. The summed E-state index contributed by atoms with van der Waals surface area (Å²) < 4.78 is 0. The van der Waals surface area contributed by atoms with Gasteiger partial charge in [-0.25, -0.2) is 0 Å². The molecule has 152 valence electrons. The van der Waals surface area contributed by atoms with Crippen LogP contribution in [0.3, 0.4) is 0 Å². The average molecular weight is 382 g/mol. The molecule has 0 fully saturated rings. The fourth-order valence-electron chi connectivity index (χ4n) is 2.50. The molecule has 0 bridgehead atoms. The Morgan fingerprint density at radius 3 is 2.33 bits per heavy atom. The first kappa shape index (κ1) is 22.8. The van der Waals surface area contributed by atoms with Crippen molar-refractivity contribution >= 4 is 23.7 Å². The summed E-state index contributed by atoms with van der Waals surface area (Å²) in [6, 6.07) is -0.397. The highest BCUT2D eigenvalue weighted by atomic mass is 16.4. The van der Waals surface area contributed by atoms with E-state index in [0.29, 0.717) is 13.0 Å². The fraction of sp³-hybridized carbons (Fsp3) is 0.667. The Kier molecular flexibility index (Phi) is 10.3. The maximum Gasteiger partial charge on any atom is 0.320 e. The van der Waals surface area contributed by atoms with Crippen LogP contribution in [0.5, 0.6) is 0 Å². The minimum absolute atomic E-state index is 0.0877. The van der Waals surface area contributed by atoms with Crippen LogP contribution in [0, 0.1) is 0 Å². The van der Waals surface area contributed by atoms with E-state index in [0.717, 1.165) is 30.7 Å². The fourth-order valence-corrected chi connectivity index (χ4v) is 2.50. The van der Waals surface area contributed by atoms with Gasteiger partial charge >= 0.3 is 5.97 Å². The summed E-state index contributed by atoms with van der Waals surface area (Å²) >= 11 is 0. The van der Waals surface area contributed by atoms with Gasteiger partial charge in [0.25, 0.3) is 11.8 Å². The smallest absolute Gasteiger partial charge is 0.320 e. The molecular weight excluding hydrogens is 352 g/mol.